The number of carboxylic acids is 1. The Balaban J connectivity index is 1.94. The standard InChI is InChI=1S/C18H21N3O2/c1-12(2)21-8-4-7-17(21)16-11-19-10-15(20-16)13-5-3-6-14(9-13)18(22)23/h3,5-6,9-12,17H,4,7-8H2,1-2H3,(H,22,23)/t17-/m0/s1. The fourth-order valence-corrected chi connectivity index (χ4v) is 3.22. The molecule has 0 saturated carbocycles. The molecule has 0 unspecified atom stereocenters. The van der Waals surface area contributed by atoms with Gasteiger partial charge in [-0.1, -0.05) is 12.1 Å². The number of carboxylic acid groups (broad SMARTS) is 1. The minimum absolute atomic E-state index is 0.263. The second-order valence-electron chi connectivity index (χ2n) is 6.20. The predicted octanol–water partition coefficient (Wildman–Crippen LogP) is 3.39. The zero-order valence-corrected chi connectivity index (χ0v) is 13.4. The molecule has 2 aromatic rings. The summed E-state index contributed by atoms with van der Waals surface area (Å²) in [7, 11) is 0. The molecule has 0 aliphatic carbocycles. The number of aromatic carboxylic acids is 1. The van der Waals surface area contributed by atoms with Crippen molar-refractivity contribution in [3.8, 4) is 11.3 Å². The second-order valence-corrected chi connectivity index (χ2v) is 6.20. The Morgan fingerprint density at radius 2 is 2.17 bits per heavy atom. The third-order valence-corrected chi connectivity index (χ3v) is 4.36. The van der Waals surface area contributed by atoms with E-state index in [0.717, 1.165) is 29.9 Å². The normalized spacial score (nSPS) is 18.5. The van der Waals surface area contributed by atoms with Gasteiger partial charge in [-0.2, -0.15) is 0 Å². The lowest BCUT2D eigenvalue weighted by atomic mass is 10.1. The number of nitrogens with zero attached hydrogens (tertiary/aromatic N) is 3. The number of benzene rings is 1. The number of hydrogen-bond acceptors (Lipinski definition) is 4. The lowest BCUT2D eigenvalue weighted by molar-refractivity contribution is 0.0697. The molecule has 120 valence electrons. The molecule has 3 rings (SSSR count). The van der Waals surface area contributed by atoms with Crippen LogP contribution in [0.25, 0.3) is 11.3 Å². The van der Waals surface area contributed by atoms with E-state index in [1.54, 1.807) is 24.4 Å². The molecule has 5 nitrogen and oxygen atoms in total. The molecule has 1 saturated heterocycles. The van der Waals surface area contributed by atoms with E-state index in [1.807, 2.05) is 12.3 Å². The average molecular weight is 311 g/mol. The molecule has 0 radical (unpaired) electrons. The Morgan fingerprint density at radius 1 is 1.35 bits per heavy atom. The van der Waals surface area contributed by atoms with Gasteiger partial charge in [0, 0.05) is 11.6 Å². The first-order valence-corrected chi connectivity index (χ1v) is 7.97. The maximum absolute atomic E-state index is 11.1. The van der Waals surface area contributed by atoms with Crippen LogP contribution in [0.2, 0.25) is 0 Å². The number of aromatic nitrogens is 2. The molecule has 0 bridgehead atoms. The van der Waals surface area contributed by atoms with Crippen LogP contribution < -0.4 is 0 Å². The summed E-state index contributed by atoms with van der Waals surface area (Å²) in [6.45, 7) is 5.49. The van der Waals surface area contributed by atoms with Crippen molar-refractivity contribution in [3.63, 3.8) is 0 Å². The second kappa shape index (κ2) is 6.46. The van der Waals surface area contributed by atoms with E-state index in [1.165, 1.54) is 6.42 Å². The zero-order valence-electron chi connectivity index (χ0n) is 13.4. The molecule has 2 heterocycles. The largest absolute Gasteiger partial charge is 0.478 e. The Labute approximate surface area is 136 Å². The number of rotatable bonds is 4. The van der Waals surface area contributed by atoms with Crippen molar-refractivity contribution < 1.29 is 9.90 Å². The fraction of sp³-hybridized carbons (Fsp3) is 0.389. The summed E-state index contributed by atoms with van der Waals surface area (Å²) in [6, 6.07) is 7.61. The summed E-state index contributed by atoms with van der Waals surface area (Å²) in [6.07, 6.45) is 5.78. The van der Waals surface area contributed by atoms with E-state index in [0.29, 0.717) is 12.1 Å². The highest BCUT2D eigenvalue weighted by Gasteiger charge is 2.29. The first-order chi connectivity index (χ1) is 11.1. The summed E-state index contributed by atoms with van der Waals surface area (Å²) in [4.78, 5) is 22.7. The van der Waals surface area contributed by atoms with Gasteiger partial charge in [-0.25, -0.2) is 9.78 Å². The van der Waals surface area contributed by atoms with E-state index >= 15 is 0 Å². The summed E-state index contributed by atoms with van der Waals surface area (Å²) < 4.78 is 0. The average Bonchev–Trinajstić information content (AvgIpc) is 3.05. The van der Waals surface area contributed by atoms with Crippen LogP contribution in [0.4, 0.5) is 0 Å². The number of hydrogen-bond donors (Lipinski definition) is 1. The van der Waals surface area contributed by atoms with Crippen molar-refractivity contribution in [2.24, 2.45) is 0 Å². The van der Waals surface area contributed by atoms with E-state index < -0.39 is 5.97 Å². The molecular formula is C18H21N3O2. The minimum atomic E-state index is -0.933. The van der Waals surface area contributed by atoms with Crippen molar-refractivity contribution >= 4 is 5.97 Å². The van der Waals surface area contributed by atoms with Crippen molar-refractivity contribution in [1.29, 1.82) is 0 Å². The number of carbonyl (C=O) groups is 1. The molecule has 1 aliphatic rings. The van der Waals surface area contributed by atoms with Crippen molar-refractivity contribution in [3.05, 3.63) is 47.9 Å². The van der Waals surface area contributed by atoms with Crippen molar-refractivity contribution in [1.82, 2.24) is 14.9 Å². The van der Waals surface area contributed by atoms with E-state index in [9.17, 15) is 4.79 Å². The van der Waals surface area contributed by atoms with E-state index in [4.69, 9.17) is 10.1 Å². The molecule has 5 heteroatoms. The van der Waals surface area contributed by atoms with Gasteiger partial charge in [-0.05, 0) is 45.4 Å². The van der Waals surface area contributed by atoms with Crippen LogP contribution in [0.15, 0.2) is 36.7 Å². The lowest BCUT2D eigenvalue weighted by Crippen LogP contribution is -2.30. The molecule has 1 aromatic heterocycles. The van der Waals surface area contributed by atoms with Gasteiger partial charge in [0.15, 0.2) is 0 Å². The highest BCUT2D eigenvalue weighted by atomic mass is 16.4. The van der Waals surface area contributed by atoms with Gasteiger partial charge in [-0.3, -0.25) is 9.88 Å². The summed E-state index contributed by atoms with van der Waals surface area (Å²) in [5.41, 5.74) is 2.74. The molecule has 1 fully saturated rings. The Bertz CT molecular complexity index is 715. The SMILES string of the molecule is CC(C)N1CCC[C@H]1c1cncc(-c2cccc(C(=O)O)c2)n1. The third kappa shape index (κ3) is 3.24. The maximum Gasteiger partial charge on any atom is 0.335 e. The van der Waals surface area contributed by atoms with E-state index in [2.05, 4.69) is 23.7 Å². The van der Waals surface area contributed by atoms with Gasteiger partial charge < -0.3 is 5.11 Å². The maximum atomic E-state index is 11.1. The molecule has 1 atom stereocenters. The topological polar surface area (TPSA) is 66.3 Å². The zero-order chi connectivity index (χ0) is 16.4. The predicted molar refractivity (Wildman–Crippen MR) is 88.2 cm³/mol. The molecule has 0 amide bonds. The summed E-state index contributed by atoms with van der Waals surface area (Å²) >= 11 is 0. The van der Waals surface area contributed by atoms with Gasteiger partial charge in [0.05, 0.1) is 35.4 Å². The quantitative estimate of drug-likeness (QED) is 0.937. The van der Waals surface area contributed by atoms with Gasteiger partial charge in [0.2, 0.25) is 0 Å². The van der Waals surface area contributed by atoms with Crippen molar-refractivity contribution in [2.45, 2.75) is 38.8 Å². The van der Waals surface area contributed by atoms with Crippen molar-refractivity contribution in [2.75, 3.05) is 6.54 Å². The van der Waals surface area contributed by atoms with Crippen LogP contribution in [0.1, 0.15) is 48.8 Å². The first kappa shape index (κ1) is 15.6. The third-order valence-electron chi connectivity index (χ3n) is 4.36. The Kier molecular flexibility index (Phi) is 4.39. The lowest BCUT2D eigenvalue weighted by Gasteiger charge is -2.27. The molecule has 23 heavy (non-hydrogen) atoms. The van der Waals surface area contributed by atoms with Crippen LogP contribution in [0, 0.1) is 0 Å². The van der Waals surface area contributed by atoms with Gasteiger partial charge in [-0.15, -0.1) is 0 Å². The first-order valence-electron chi connectivity index (χ1n) is 7.97. The molecule has 1 aliphatic heterocycles. The van der Waals surface area contributed by atoms with Crippen LogP contribution >= 0.6 is 0 Å². The van der Waals surface area contributed by atoms with Gasteiger partial charge in [0.1, 0.15) is 0 Å². The van der Waals surface area contributed by atoms with Gasteiger partial charge >= 0.3 is 5.97 Å². The molecule has 0 spiro atoms. The summed E-state index contributed by atoms with van der Waals surface area (Å²) in [5, 5.41) is 9.14. The Morgan fingerprint density at radius 3 is 2.91 bits per heavy atom. The summed E-state index contributed by atoms with van der Waals surface area (Å²) in [5.74, 6) is -0.933. The van der Waals surface area contributed by atoms with Gasteiger partial charge in [0.25, 0.3) is 0 Å². The monoisotopic (exact) mass is 311 g/mol. The highest BCUT2D eigenvalue weighted by Crippen LogP contribution is 2.33. The highest BCUT2D eigenvalue weighted by molar-refractivity contribution is 5.89. The van der Waals surface area contributed by atoms with Crippen LogP contribution in [0.5, 0.6) is 0 Å². The fourth-order valence-electron chi connectivity index (χ4n) is 3.22. The van der Waals surface area contributed by atoms with Crippen LogP contribution in [0.3, 0.4) is 0 Å². The van der Waals surface area contributed by atoms with E-state index in [-0.39, 0.29) is 5.56 Å². The molecule has 1 N–H and O–H groups in total. The van der Waals surface area contributed by atoms with Crippen LogP contribution in [-0.4, -0.2) is 38.5 Å². The molecule has 1 aromatic carbocycles. The minimum Gasteiger partial charge on any atom is -0.478 e. The number of likely N-dealkylation sites (tertiary alicyclic amines) is 1. The smallest absolute Gasteiger partial charge is 0.335 e. The van der Waals surface area contributed by atoms with Crippen LogP contribution in [-0.2, 0) is 0 Å². The Hall–Kier alpha value is -2.27. The molecular weight excluding hydrogens is 290 g/mol.